The van der Waals surface area contributed by atoms with E-state index in [0.29, 0.717) is 0 Å². The Morgan fingerprint density at radius 3 is 2.00 bits per heavy atom. The normalized spacial score (nSPS) is 11.5. The molecule has 2 aromatic carbocycles. The lowest BCUT2D eigenvalue weighted by Gasteiger charge is -2.07. The summed E-state index contributed by atoms with van der Waals surface area (Å²) in [6.45, 7) is 0. The molecule has 1 amide bonds. The van der Waals surface area contributed by atoms with Crippen molar-refractivity contribution in [3.8, 4) is 0 Å². The number of benzene rings is 2. The lowest BCUT2D eigenvalue weighted by Crippen LogP contribution is -2.13. The van der Waals surface area contributed by atoms with Gasteiger partial charge in [-0.1, -0.05) is 0 Å². The molecule has 8 heteroatoms. The van der Waals surface area contributed by atoms with Crippen LogP contribution in [0.2, 0.25) is 0 Å². The van der Waals surface area contributed by atoms with Crippen molar-refractivity contribution in [2.75, 3.05) is 5.32 Å². The Morgan fingerprint density at radius 1 is 0.955 bits per heavy atom. The molecule has 0 bridgehead atoms. The van der Waals surface area contributed by atoms with Crippen LogP contribution >= 0.6 is 0 Å². The van der Waals surface area contributed by atoms with Gasteiger partial charge in [-0.25, -0.2) is 12.8 Å². The van der Waals surface area contributed by atoms with Gasteiger partial charge in [0.15, 0.2) is 0 Å². The number of amides is 1. The summed E-state index contributed by atoms with van der Waals surface area (Å²) in [6, 6.07) is 9.12. The van der Waals surface area contributed by atoms with Gasteiger partial charge in [0.2, 0.25) is 9.84 Å². The van der Waals surface area contributed by atoms with Gasteiger partial charge in [-0.15, -0.1) is 0 Å². The number of anilines is 1. The second-order valence-electron chi connectivity index (χ2n) is 4.29. The first-order valence-electron chi connectivity index (χ1n) is 6.00. The van der Waals surface area contributed by atoms with Crippen molar-refractivity contribution in [2.45, 2.75) is 10.7 Å². The van der Waals surface area contributed by atoms with Gasteiger partial charge in [0.1, 0.15) is 5.82 Å². The van der Waals surface area contributed by atoms with Gasteiger partial charge >= 0.3 is 5.76 Å². The molecule has 1 N–H and O–H groups in total. The Balaban J connectivity index is 2.15. The maximum absolute atomic E-state index is 12.7. The van der Waals surface area contributed by atoms with Crippen molar-refractivity contribution in [3.05, 3.63) is 59.9 Å². The van der Waals surface area contributed by atoms with Crippen molar-refractivity contribution in [1.29, 1.82) is 0 Å². The fraction of sp³-hybridized carbons (Fsp3) is 0.0714. The third kappa shape index (κ3) is 3.45. The van der Waals surface area contributed by atoms with Crippen LogP contribution in [0.3, 0.4) is 0 Å². The van der Waals surface area contributed by atoms with Crippen LogP contribution in [0.4, 0.5) is 18.9 Å². The molecule has 116 valence electrons. The van der Waals surface area contributed by atoms with E-state index in [9.17, 15) is 26.4 Å². The lowest BCUT2D eigenvalue weighted by molar-refractivity contribution is 0.102. The van der Waals surface area contributed by atoms with Crippen LogP contribution in [0.1, 0.15) is 10.4 Å². The summed E-state index contributed by atoms with van der Waals surface area (Å²) < 4.78 is 60.0. The minimum Gasteiger partial charge on any atom is -0.322 e. The third-order valence-electron chi connectivity index (χ3n) is 2.78. The summed E-state index contributed by atoms with van der Waals surface area (Å²) in [5.74, 6) is -4.53. The average molecular weight is 329 g/mol. The van der Waals surface area contributed by atoms with E-state index in [1.807, 2.05) is 0 Å². The van der Waals surface area contributed by atoms with Crippen molar-refractivity contribution in [1.82, 2.24) is 0 Å². The molecule has 2 aromatic rings. The fourth-order valence-electron chi connectivity index (χ4n) is 1.64. The number of halogens is 3. The number of rotatable bonds is 4. The van der Waals surface area contributed by atoms with Gasteiger partial charge in [-0.2, -0.15) is 8.78 Å². The van der Waals surface area contributed by atoms with Crippen molar-refractivity contribution in [3.63, 3.8) is 0 Å². The second-order valence-corrected chi connectivity index (χ2v) is 6.21. The van der Waals surface area contributed by atoms with Gasteiger partial charge in [0.05, 0.1) is 4.90 Å². The standard InChI is InChI=1S/C14H10F3NO3S/c15-10-3-1-9(2-4-10)13(19)18-11-5-7-12(8-6-11)22(20,21)14(16)17/h1-8,14H,(H,18,19). The van der Waals surface area contributed by atoms with Crippen LogP contribution in [0, 0.1) is 5.82 Å². The average Bonchev–Trinajstić information content (AvgIpc) is 2.48. The SMILES string of the molecule is O=C(Nc1ccc(S(=O)(=O)C(F)F)cc1)c1ccc(F)cc1. The maximum atomic E-state index is 12.7. The Kier molecular flexibility index (Phi) is 4.51. The molecule has 0 heterocycles. The fourth-order valence-corrected chi connectivity index (χ4v) is 2.36. The zero-order valence-electron chi connectivity index (χ0n) is 11.0. The van der Waals surface area contributed by atoms with Crippen molar-refractivity contribution < 1.29 is 26.4 Å². The van der Waals surface area contributed by atoms with Gasteiger partial charge in [0, 0.05) is 11.3 Å². The van der Waals surface area contributed by atoms with E-state index in [2.05, 4.69) is 5.32 Å². The zero-order chi connectivity index (χ0) is 16.3. The number of nitrogens with one attached hydrogen (secondary N) is 1. The number of hydrogen-bond acceptors (Lipinski definition) is 3. The molecule has 0 spiro atoms. The van der Waals surface area contributed by atoms with E-state index in [1.54, 1.807) is 0 Å². The molecular formula is C14H10F3NO3S. The zero-order valence-corrected chi connectivity index (χ0v) is 11.8. The van der Waals surface area contributed by atoms with Crippen LogP contribution in [0.25, 0.3) is 0 Å². The molecule has 2 rings (SSSR count). The monoisotopic (exact) mass is 329 g/mol. The minimum atomic E-state index is -4.67. The Hall–Kier alpha value is -2.35. The van der Waals surface area contributed by atoms with Gasteiger partial charge < -0.3 is 5.32 Å². The van der Waals surface area contributed by atoms with E-state index in [4.69, 9.17) is 0 Å². The van der Waals surface area contributed by atoms with E-state index in [-0.39, 0.29) is 11.3 Å². The smallest absolute Gasteiger partial charge is 0.322 e. The maximum Gasteiger partial charge on any atom is 0.341 e. The summed E-state index contributed by atoms with van der Waals surface area (Å²) in [7, 11) is -4.67. The number of carbonyl (C=O) groups excluding carboxylic acids is 1. The number of sulfone groups is 1. The molecule has 0 unspecified atom stereocenters. The van der Waals surface area contributed by atoms with E-state index in [0.717, 1.165) is 24.3 Å². The van der Waals surface area contributed by atoms with Crippen LogP contribution < -0.4 is 5.32 Å². The third-order valence-corrected chi connectivity index (χ3v) is 4.18. The van der Waals surface area contributed by atoms with Crippen LogP contribution in [0.5, 0.6) is 0 Å². The highest BCUT2D eigenvalue weighted by Crippen LogP contribution is 2.20. The van der Waals surface area contributed by atoms with E-state index >= 15 is 0 Å². The number of alkyl halides is 2. The summed E-state index contributed by atoms with van der Waals surface area (Å²) in [5, 5.41) is 2.44. The van der Waals surface area contributed by atoms with Crippen LogP contribution in [-0.2, 0) is 9.84 Å². The van der Waals surface area contributed by atoms with Gasteiger partial charge in [0.25, 0.3) is 5.91 Å². The summed E-state index contributed by atoms with van der Waals surface area (Å²) in [6.07, 6.45) is 0. The highest BCUT2D eigenvalue weighted by molar-refractivity contribution is 7.91. The van der Waals surface area contributed by atoms with Gasteiger partial charge in [-0.05, 0) is 48.5 Å². The first-order chi connectivity index (χ1) is 10.3. The molecule has 22 heavy (non-hydrogen) atoms. The number of carbonyl (C=O) groups is 1. The van der Waals surface area contributed by atoms with E-state index in [1.165, 1.54) is 24.3 Å². The topological polar surface area (TPSA) is 63.2 Å². The molecule has 4 nitrogen and oxygen atoms in total. The second kappa shape index (κ2) is 6.18. The predicted octanol–water partition coefficient (Wildman–Crippen LogP) is 3.07. The molecule has 0 saturated carbocycles. The molecule has 0 aromatic heterocycles. The molecular weight excluding hydrogens is 319 g/mol. The number of hydrogen-bond donors (Lipinski definition) is 1. The molecule has 0 radical (unpaired) electrons. The molecule has 0 fully saturated rings. The summed E-state index contributed by atoms with van der Waals surface area (Å²) >= 11 is 0. The highest BCUT2D eigenvalue weighted by atomic mass is 32.2. The van der Waals surface area contributed by atoms with Crippen LogP contribution in [-0.4, -0.2) is 20.1 Å². The van der Waals surface area contributed by atoms with Crippen molar-refractivity contribution >= 4 is 21.4 Å². The van der Waals surface area contributed by atoms with E-state index < -0.39 is 32.2 Å². The molecule has 0 atom stereocenters. The Morgan fingerprint density at radius 2 is 1.50 bits per heavy atom. The Bertz CT molecular complexity index is 772. The minimum absolute atomic E-state index is 0.200. The predicted molar refractivity (Wildman–Crippen MR) is 74.0 cm³/mol. The molecule has 0 aliphatic heterocycles. The van der Waals surface area contributed by atoms with Crippen LogP contribution in [0.15, 0.2) is 53.4 Å². The summed E-state index contributed by atoms with van der Waals surface area (Å²) in [4.78, 5) is 11.3. The largest absolute Gasteiger partial charge is 0.341 e. The first kappa shape index (κ1) is 16.0. The Labute approximate surface area is 124 Å². The molecule has 0 aliphatic rings. The summed E-state index contributed by atoms with van der Waals surface area (Å²) in [5.41, 5.74) is 0.424. The highest BCUT2D eigenvalue weighted by Gasteiger charge is 2.26. The lowest BCUT2D eigenvalue weighted by atomic mass is 10.2. The first-order valence-corrected chi connectivity index (χ1v) is 7.54. The van der Waals surface area contributed by atoms with Gasteiger partial charge in [-0.3, -0.25) is 4.79 Å². The van der Waals surface area contributed by atoms with Crippen molar-refractivity contribution in [2.24, 2.45) is 0 Å². The quantitative estimate of drug-likeness (QED) is 0.937. The molecule has 0 aliphatic carbocycles. The molecule has 0 saturated heterocycles.